The fraction of sp³-hybridized carbons (Fsp3) is 0.143. The standard InChI is InChI=1S/C14H13F2NO3S/c1-9-11(15)3-2-4-13(9)17-21(19,20)14-6-5-10(8-18)7-12(14)16/h2-7,17-18H,8H2,1H3. The maximum atomic E-state index is 13.8. The van der Waals surface area contributed by atoms with E-state index in [2.05, 4.69) is 4.72 Å². The second-order valence-corrected chi connectivity index (χ2v) is 6.09. The molecule has 2 aromatic carbocycles. The maximum absolute atomic E-state index is 13.8. The average Bonchev–Trinajstić information content (AvgIpc) is 2.43. The van der Waals surface area contributed by atoms with E-state index in [9.17, 15) is 17.2 Å². The van der Waals surface area contributed by atoms with E-state index in [1.807, 2.05) is 0 Å². The first kappa shape index (κ1) is 15.4. The highest BCUT2D eigenvalue weighted by atomic mass is 32.2. The number of hydrogen-bond acceptors (Lipinski definition) is 3. The van der Waals surface area contributed by atoms with Crippen molar-refractivity contribution in [1.82, 2.24) is 0 Å². The number of benzene rings is 2. The van der Waals surface area contributed by atoms with E-state index in [1.165, 1.54) is 31.2 Å². The number of aliphatic hydroxyl groups is 1. The molecule has 21 heavy (non-hydrogen) atoms. The summed E-state index contributed by atoms with van der Waals surface area (Å²) in [5.74, 6) is -1.55. The summed E-state index contributed by atoms with van der Waals surface area (Å²) in [5, 5.41) is 8.88. The lowest BCUT2D eigenvalue weighted by Gasteiger charge is -2.12. The lowest BCUT2D eigenvalue weighted by molar-refractivity contribution is 0.281. The van der Waals surface area contributed by atoms with Crippen LogP contribution in [0.25, 0.3) is 0 Å². The third-order valence-electron chi connectivity index (χ3n) is 2.98. The molecule has 4 nitrogen and oxygen atoms in total. The van der Waals surface area contributed by atoms with Gasteiger partial charge in [-0.15, -0.1) is 0 Å². The average molecular weight is 313 g/mol. The zero-order valence-electron chi connectivity index (χ0n) is 11.1. The van der Waals surface area contributed by atoms with Crippen LogP contribution in [-0.4, -0.2) is 13.5 Å². The van der Waals surface area contributed by atoms with Crippen LogP contribution >= 0.6 is 0 Å². The number of rotatable bonds is 4. The molecule has 0 radical (unpaired) electrons. The van der Waals surface area contributed by atoms with Crippen molar-refractivity contribution < 1.29 is 22.3 Å². The first-order valence-electron chi connectivity index (χ1n) is 6.02. The minimum atomic E-state index is -4.18. The molecule has 0 aliphatic heterocycles. The molecule has 0 aromatic heterocycles. The molecule has 0 bridgehead atoms. The van der Waals surface area contributed by atoms with Crippen molar-refractivity contribution >= 4 is 15.7 Å². The number of halogens is 2. The van der Waals surface area contributed by atoms with Gasteiger partial charge in [-0.3, -0.25) is 4.72 Å². The van der Waals surface area contributed by atoms with Crippen LogP contribution in [0, 0.1) is 18.6 Å². The lowest BCUT2D eigenvalue weighted by atomic mass is 10.2. The van der Waals surface area contributed by atoms with Crippen molar-refractivity contribution in [2.24, 2.45) is 0 Å². The molecule has 0 spiro atoms. The third kappa shape index (κ3) is 3.20. The van der Waals surface area contributed by atoms with Crippen molar-refractivity contribution in [2.45, 2.75) is 18.4 Å². The Morgan fingerprint density at radius 1 is 1.14 bits per heavy atom. The predicted molar refractivity (Wildman–Crippen MR) is 74.3 cm³/mol. The molecule has 2 N–H and O–H groups in total. The van der Waals surface area contributed by atoms with Gasteiger partial charge in [0.15, 0.2) is 0 Å². The van der Waals surface area contributed by atoms with E-state index >= 15 is 0 Å². The number of sulfonamides is 1. The van der Waals surface area contributed by atoms with Crippen molar-refractivity contribution in [3.8, 4) is 0 Å². The first-order valence-corrected chi connectivity index (χ1v) is 7.50. The summed E-state index contributed by atoms with van der Waals surface area (Å²) in [4.78, 5) is -0.566. The number of nitrogens with one attached hydrogen (secondary N) is 1. The van der Waals surface area contributed by atoms with Gasteiger partial charge in [0, 0.05) is 5.56 Å². The van der Waals surface area contributed by atoms with Gasteiger partial charge >= 0.3 is 0 Å². The fourth-order valence-corrected chi connectivity index (χ4v) is 2.96. The fourth-order valence-electron chi connectivity index (χ4n) is 1.78. The number of anilines is 1. The molecule has 0 heterocycles. The summed E-state index contributed by atoms with van der Waals surface area (Å²) in [6.07, 6.45) is 0. The van der Waals surface area contributed by atoms with E-state index in [-0.39, 0.29) is 16.8 Å². The Morgan fingerprint density at radius 3 is 2.48 bits per heavy atom. The van der Waals surface area contributed by atoms with E-state index in [0.717, 1.165) is 12.1 Å². The summed E-state index contributed by atoms with van der Waals surface area (Å²) in [6, 6.07) is 7.23. The van der Waals surface area contributed by atoms with Crippen LogP contribution in [0.4, 0.5) is 14.5 Å². The van der Waals surface area contributed by atoms with Crippen LogP contribution < -0.4 is 4.72 Å². The van der Waals surface area contributed by atoms with Gasteiger partial charge < -0.3 is 5.11 Å². The molecule has 0 saturated heterocycles. The quantitative estimate of drug-likeness (QED) is 0.911. The van der Waals surface area contributed by atoms with Crippen molar-refractivity contribution in [1.29, 1.82) is 0 Å². The maximum Gasteiger partial charge on any atom is 0.264 e. The molecule has 0 amide bonds. The van der Waals surface area contributed by atoms with Gasteiger partial charge in [0.25, 0.3) is 10.0 Å². The van der Waals surface area contributed by atoms with E-state index in [1.54, 1.807) is 0 Å². The second kappa shape index (κ2) is 5.79. The summed E-state index contributed by atoms with van der Waals surface area (Å²) in [6.45, 7) is 1.02. The molecule has 2 aromatic rings. The minimum Gasteiger partial charge on any atom is -0.392 e. The zero-order valence-corrected chi connectivity index (χ0v) is 11.9. The van der Waals surface area contributed by atoms with Gasteiger partial charge in [-0.05, 0) is 36.8 Å². The molecule has 0 saturated carbocycles. The molecule has 7 heteroatoms. The van der Waals surface area contributed by atoms with Crippen LogP contribution in [0.2, 0.25) is 0 Å². The Bertz CT molecular complexity index is 776. The number of aliphatic hydroxyl groups excluding tert-OH is 1. The topological polar surface area (TPSA) is 66.4 Å². The van der Waals surface area contributed by atoms with Gasteiger partial charge in [0.1, 0.15) is 16.5 Å². The lowest BCUT2D eigenvalue weighted by Crippen LogP contribution is -2.15. The Balaban J connectivity index is 2.41. The molecular weight excluding hydrogens is 300 g/mol. The van der Waals surface area contributed by atoms with Gasteiger partial charge in [0.05, 0.1) is 12.3 Å². The molecule has 2 rings (SSSR count). The van der Waals surface area contributed by atoms with Crippen LogP contribution in [0.1, 0.15) is 11.1 Å². The van der Waals surface area contributed by atoms with Gasteiger partial charge in [-0.1, -0.05) is 12.1 Å². The normalized spacial score (nSPS) is 11.4. The summed E-state index contributed by atoms with van der Waals surface area (Å²) < 4.78 is 53.7. The van der Waals surface area contributed by atoms with Crippen LogP contribution in [-0.2, 0) is 16.6 Å². The highest BCUT2D eigenvalue weighted by molar-refractivity contribution is 7.92. The number of hydrogen-bond donors (Lipinski definition) is 2. The van der Waals surface area contributed by atoms with Gasteiger partial charge in [0.2, 0.25) is 0 Å². The minimum absolute atomic E-state index is 0.0423. The molecule has 0 unspecified atom stereocenters. The third-order valence-corrected chi connectivity index (χ3v) is 4.38. The largest absolute Gasteiger partial charge is 0.392 e. The first-order chi connectivity index (χ1) is 9.85. The monoisotopic (exact) mass is 313 g/mol. The summed E-state index contributed by atoms with van der Waals surface area (Å²) in [5.41, 5.74) is 0.419. The Hall–Kier alpha value is -1.99. The van der Waals surface area contributed by atoms with Crippen LogP contribution in [0.3, 0.4) is 0 Å². The molecule has 112 valence electrons. The molecule has 0 atom stereocenters. The second-order valence-electron chi connectivity index (χ2n) is 4.44. The highest BCUT2D eigenvalue weighted by Crippen LogP contribution is 2.23. The van der Waals surface area contributed by atoms with Crippen molar-refractivity contribution in [3.63, 3.8) is 0 Å². The smallest absolute Gasteiger partial charge is 0.264 e. The van der Waals surface area contributed by atoms with Gasteiger partial charge in [-0.25, -0.2) is 17.2 Å². The molecule has 0 aliphatic carbocycles. The SMILES string of the molecule is Cc1c(F)cccc1NS(=O)(=O)c1ccc(CO)cc1F. The van der Waals surface area contributed by atoms with Crippen LogP contribution in [0.15, 0.2) is 41.3 Å². The summed E-state index contributed by atoms with van der Waals surface area (Å²) >= 11 is 0. The van der Waals surface area contributed by atoms with Crippen molar-refractivity contribution in [3.05, 3.63) is 59.2 Å². The zero-order chi connectivity index (χ0) is 15.6. The van der Waals surface area contributed by atoms with Crippen molar-refractivity contribution in [2.75, 3.05) is 4.72 Å². The predicted octanol–water partition coefficient (Wildman–Crippen LogP) is 2.57. The van der Waals surface area contributed by atoms with Crippen LogP contribution in [0.5, 0.6) is 0 Å². The van der Waals surface area contributed by atoms with E-state index < -0.39 is 33.2 Å². The molecular formula is C14H13F2NO3S. The Labute approximate surface area is 121 Å². The Kier molecular flexibility index (Phi) is 4.24. The summed E-state index contributed by atoms with van der Waals surface area (Å²) in [7, 11) is -4.18. The van der Waals surface area contributed by atoms with Gasteiger partial charge in [-0.2, -0.15) is 0 Å². The van der Waals surface area contributed by atoms with E-state index in [4.69, 9.17) is 5.11 Å². The Morgan fingerprint density at radius 2 is 1.86 bits per heavy atom. The van der Waals surface area contributed by atoms with E-state index in [0.29, 0.717) is 0 Å². The highest BCUT2D eigenvalue weighted by Gasteiger charge is 2.20. The molecule has 0 fully saturated rings. The molecule has 0 aliphatic rings.